The van der Waals surface area contributed by atoms with Gasteiger partial charge in [-0.05, 0) is 42.0 Å². The molecule has 17 heavy (non-hydrogen) atoms. The highest BCUT2D eigenvalue weighted by atomic mass is 35.5. The Kier molecular flexibility index (Phi) is 4.05. The topological polar surface area (TPSA) is 26.0 Å². The van der Waals surface area contributed by atoms with Gasteiger partial charge in [0, 0.05) is 21.4 Å². The van der Waals surface area contributed by atoms with Gasteiger partial charge >= 0.3 is 0 Å². The Morgan fingerprint density at radius 3 is 2.29 bits per heavy atom. The Hall–Kier alpha value is -1.03. The third-order valence-corrected chi connectivity index (χ3v) is 3.64. The molecular formula is C13H11ClFNS. The first kappa shape index (κ1) is 12.4. The smallest absolute Gasteiger partial charge is 0.123 e. The molecule has 2 aromatic rings. The molecule has 88 valence electrons. The van der Waals surface area contributed by atoms with Gasteiger partial charge in [-0.1, -0.05) is 29.4 Å². The van der Waals surface area contributed by atoms with Crippen molar-refractivity contribution >= 4 is 23.4 Å². The van der Waals surface area contributed by atoms with E-state index >= 15 is 0 Å². The second-order valence-corrected chi connectivity index (χ2v) is 5.07. The number of rotatable bonds is 3. The molecule has 0 radical (unpaired) electrons. The lowest BCUT2D eigenvalue weighted by Gasteiger charge is -2.05. The van der Waals surface area contributed by atoms with Gasteiger partial charge in [0.05, 0.1) is 0 Å². The molecule has 0 aliphatic rings. The van der Waals surface area contributed by atoms with Crippen molar-refractivity contribution in [3.63, 3.8) is 0 Å². The summed E-state index contributed by atoms with van der Waals surface area (Å²) in [5.41, 5.74) is 6.46. The van der Waals surface area contributed by atoms with Crippen LogP contribution in [-0.2, 0) is 6.54 Å². The van der Waals surface area contributed by atoms with E-state index in [1.165, 1.54) is 23.9 Å². The van der Waals surface area contributed by atoms with Crippen LogP contribution in [0.3, 0.4) is 0 Å². The maximum absolute atomic E-state index is 12.7. The van der Waals surface area contributed by atoms with E-state index in [4.69, 9.17) is 17.3 Å². The Morgan fingerprint density at radius 1 is 1.06 bits per heavy atom. The van der Waals surface area contributed by atoms with Gasteiger partial charge in [0.2, 0.25) is 0 Å². The van der Waals surface area contributed by atoms with Crippen molar-refractivity contribution in [1.29, 1.82) is 0 Å². The molecule has 0 saturated heterocycles. The van der Waals surface area contributed by atoms with Crippen LogP contribution in [0.2, 0.25) is 5.02 Å². The first-order valence-corrected chi connectivity index (χ1v) is 6.30. The molecule has 0 saturated carbocycles. The minimum atomic E-state index is -0.231. The van der Waals surface area contributed by atoms with Crippen molar-refractivity contribution in [2.45, 2.75) is 16.3 Å². The quantitative estimate of drug-likeness (QED) is 0.906. The fraction of sp³-hybridized carbons (Fsp3) is 0.0769. The number of benzene rings is 2. The van der Waals surface area contributed by atoms with E-state index in [0.29, 0.717) is 11.6 Å². The highest BCUT2D eigenvalue weighted by Gasteiger charge is 2.02. The molecule has 0 aromatic heterocycles. The predicted molar refractivity (Wildman–Crippen MR) is 69.9 cm³/mol. The molecule has 0 aliphatic heterocycles. The SMILES string of the molecule is NCc1ccc(Sc2ccc(F)cc2)cc1Cl. The van der Waals surface area contributed by atoms with Gasteiger partial charge in [-0.3, -0.25) is 0 Å². The molecule has 0 heterocycles. The molecule has 0 unspecified atom stereocenters. The summed E-state index contributed by atoms with van der Waals surface area (Å²) in [4.78, 5) is 1.99. The highest BCUT2D eigenvalue weighted by Crippen LogP contribution is 2.30. The van der Waals surface area contributed by atoms with E-state index in [0.717, 1.165) is 15.4 Å². The monoisotopic (exact) mass is 267 g/mol. The Morgan fingerprint density at radius 2 is 1.71 bits per heavy atom. The number of hydrogen-bond donors (Lipinski definition) is 1. The van der Waals surface area contributed by atoms with Crippen LogP contribution in [0.4, 0.5) is 4.39 Å². The molecule has 0 atom stereocenters. The largest absolute Gasteiger partial charge is 0.326 e. The van der Waals surface area contributed by atoms with Crippen molar-refractivity contribution < 1.29 is 4.39 Å². The molecule has 0 fully saturated rings. The van der Waals surface area contributed by atoms with E-state index in [9.17, 15) is 4.39 Å². The van der Waals surface area contributed by atoms with E-state index in [1.807, 2.05) is 18.2 Å². The highest BCUT2D eigenvalue weighted by molar-refractivity contribution is 7.99. The molecule has 4 heteroatoms. The van der Waals surface area contributed by atoms with Gasteiger partial charge < -0.3 is 5.73 Å². The average Bonchev–Trinajstić information content (AvgIpc) is 2.32. The maximum atomic E-state index is 12.7. The number of hydrogen-bond acceptors (Lipinski definition) is 2. The first-order valence-electron chi connectivity index (χ1n) is 5.11. The summed E-state index contributed by atoms with van der Waals surface area (Å²) in [6, 6.07) is 12.1. The van der Waals surface area contributed by atoms with Gasteiger partial charge in [0.1, 0.15) is 5.82 Å². The average molecular weight is 268 g/mol. The summed E-state index contributed by atoms with van der Waals surface area (Å²) in [5.74, 6) is -0.231. The lowest BCUT2D eigenvalue weighted by Crippen LogP contribution is -1.96. The van der Waals surface area contributed by atoms with E-state index in [2.05, 4.69) is 0 Å². The molecule has 0 bridgehead atoms. The predicted octanol–water partition coefficient (Wildman–Crippen LogP) is 4.09. The Labute approximate surface area is 109 Å². The van der Waals surface area contributed by atoms with E-state index < -0.39 is 0 Å². The van der Waals surface area contributed by atoms with E-state index in [-0.39, 0.29) is 5.82 Å². The second kappa shape index (κ2) is 5.54. The zero-order chi connectivity index (χ0) is 12.3. The summed E-state index contributed by atoms with van der Waals surface area (Å²) in [6.07, 6.45) is 0. The summed E-state index contributed by atoms with van der Waals surface area (Å²) in [6.45, 7) is 0.431. The van der Waals surface area contributed by atoms with Gasteiger partial charge in [-0.25, -0.2) is 4.39 Å². The van der Waals surface area contributed by atoms with Crippen molar-refractivity contribution in [2.24, 2.45) is 5.73 Å². The fourth-order valence-electron chi connectivity index (χ4n) is 1.40. The normalized spacial score (nSPS) is 10.5. The van der Waals surface area contributed by atoms with Crippen LogP contribution >= 0.6 is 23.4 Å². The van der Waals surface area contributed by atoms with Crippen molar-refractivity contribution in [3.05, 3.63) is 58.9 Å². The van der Waals surface area contributed by atoms with Crippen LogP contribution in [0, 0.1) is 5.82 Å². The first-order chi connectivity index (χ1) is 8.19. The molecule has 2 aromatic carbocycles. The molecule has 1 nitrogen and oxygen atoms in total. The van der Waals surface area contributed by atoms with Crippen LogP contribution in [0.1, 0.15) is 5.56 Å². The number of nitrogens with two attached hydrogens (primary N) is 1. The molecular weight excluding hydrogens is 257 g/mol. The van der Waals surface area contributed by atoms with Gasteiger partial charge in [-0.15, -0.1) is 0 Å². The van der Waals surface area contributed by atoms with Crippen LogP contribution < -0.4 is 5.73 Å². The molecule has 0 spiro atoms. The van der Waals surface area contributed by atoms with E-state index in [1.54, 1.807) is 12.1 Å². The zero-order valence-electron chi connectivity index (χ0n) is 8.99. The van der Waals surface area contributed by atoms with Crippen LogP contribution in [-0.4, -0.2) is 0 Å². The maximum Gasteiger partial charge on any atom is 0.123 e. The second-order valence-electron chi connectivity index (χ2n) is 3.51. The van der Waals surface area contributed by atoms with Crippen molar-refractivity contribution in [1.82, 2.24) is 0 Å². The Bertz CT molecular complexity index is 513. The number of halogens is 2. The summed E-state index contributed by atoms with van der Waals surface area (Å²) >= 11 is 7.61. The fourth-order valence-corrected chi connectivity index (χ4v) is 2.58. The van der Waals surface area contributed by atoms with Crippen LogP contribution in [0.25, 0.3) is 0 Å². The van der Waals surface area contributed by atoms with Gasteiger partial charge in [0.15, 0.2) is 0 Å². The lowest BCUT2D eigenvalue weighted by atomic mass is 10.2. The summed E-state index contributed by atoms with van der Waals surface area (Å²) in [7, 11) is 0. The molecule has 0 amide bonds. The van der Waals surface area contributed by atoms with Gasteiger partial charge in [0.25, 0.3) is 0 Å². The third kappa shape index (κ3) is 3.22. The zero-order valence-corrected chi connectivity index (χ0v) is 10.6. The van der Waals surface area contributed by atoms with Crippen molar-refractivity contribution in [2.75, 3.05) is 0 Å². The Balaban J connectivity index is 2.19. The molecule has 2 rings (SSSR count). The molecule has 2 N–H and O–H groups in total. The summed E-state index contributed by atoms with van der Waals surface area (Å²) in [5, 5.41) is 0.666. The minimum Gasteiger partial charge on any atom is -0.326 e. The third-order valence-electron chi connectivity index (χ3n) is 2.29. The summed E-state index contributed by atoms with van der Waals surface area (Å²) < 4.78 is 12.7. The minimum absolute atomic E-state index is 0.231. The standard InChI is InChI=1S/C13H11ClFNS/c14-13-7-12(4-1-9(13)8-16)17-11-5-2-10(15)3-6-11/h1-7H,8,16H2. The lowest BCUT2D eigenvalue weighted by molar-refractivity contribution is 0.626. The molecule has 0 aliphatic carbocycles. The van der Waals surface area contributed by atoms with Crippen molar-refractivity contribution in [3.8, 4) is 0 Å². The van der Waals surface area contributed by atoms with Gasteiger partial charge in [-0.2, -0.15) is 0 Å². The van der Waals surface area contributed by atoms with Crippen LogP contribution in [0.5, 0.6) is 0 Å². The van der Waals surface area contributed by atoms with Crippen LogP contribution in [0.15, 0.2) is 52.3 Å².